The minimum atomic E-state index is 0. The van der Waals surface area contributed by atoms with Crippen molar-refractivity contribution in [3.05, 3.63) is 16.6 Å². The molecule has 104 valence electrons. The summed E-state index contributed by atoms with van der Waals surface area (Å²) in [4.78, 5) is 8.59. The molecular formula is C12H23IN4S. The third-order valence-corrected chi connectivity index (χ3v) is 3.44. The van der Waals surface area contributed by atoms with Gasteiger partial charge in [-0.25, -0.2) is 4.98 Å². The summed E-state index contributed by atoms with van der Waals surface area (Å²) < 4.78 is 0. The molecule has 1 atom stereocenters. The summed E-state index contributed by atoms with van der Waals surface area (Å²) in [7, 11) is 0. The van der Waals surface area contributed by atoms with E-state index in [-0.39, 0.29) is 24.0 Å². The van der Waals surface area contributed by atoms with Crippen LogP contribution < -0.4 is 11.1 Å². The Kier molecular flexibility index (Phi) is 9.35. The van der Waals surface area contributed by atoms with Crippen LogP contribution in [-0.4, -0.2) is 24.0 Å². The molecule has 6 heteroatoms. The highest BCUT2D eigenvalue weighted by Crippen LogP contribution is 2.17. The van der Waals surface area contributed by atoms with E-state index in [1.807, 2.05) is 11.6 Å². The quantitative estimate of drug-likeness (QED) is 0.452. The van der Waals surface area contributed by atoms with Gasteiger partial charge in [-0.3, -0.25) is 4.99 Å². The number of hydrogen-bond acceptors (Lipinski definition) is 3. The van der Waals surface area contributed by atoms with Crippen LogP contribution in [0.1, 0.15) is 38.1 Å². The van der Waals surface area contributed by atoms with E-state index in [1.165, 1.54) is 0 Å². The van der Waals surface area contributed by atoms with Crippen LogP contribution in [0.3, 0.4) is 0 Å². The fourth-order valence-corrected chi connectivity index (χ4v) is 2.03. The maximum absolute atomic E-state index is 5.78. The van der Waals surface area contributed by atoms with Gasteiger partial charge in [-0.2, -0.15) is 0 Å². The van der Waals surface area contributed by atoms with E-state index < -0.39 is 0 Å². The normalized spacial score (nSPS) is 13.2. The predicted molar refractivity (Wildman–Crippen MR) is 89.9 cm³/mol. The van der Waals surface area contributed by atoms with Crippen molar-refractivity contribution in [2.75, 3.05) is 13.1 Å². The van der Waals surface area contributed by atoms with Crippen LogP contribution in [0.2, 0.25) is 0 Å². The van der Waals surface area contributed by atoms with Gasteiger partial charge in [0.15, 0.2) is 5.96 Å². The zero-order valence-corrected chi connectivity index (χ0v) is 14.4. The van der Waals surface area contributed by atoms with Gasteiger partial charge in [0.05, 0.1) is 11.6 Å². The number of guanidine groups is 1. The first-order valence-electron chi connectivity index (χ1n) is 6.02. The lowest BCUT2D eigenvalue weighted by molar-refractivity contribution is 0.576. The summed E-state index contributed by atoms with van der Waals surface area (Å²) in [6, 6.07) is 0. The number of nitrogens with one attached hydrogen (secondary N) is 1. The molecule has 3 N–H and O–H groups in total. The molecule has 1 aromatic rings. The maximum Gasteiger partial charge on any atom is 0.188 e. The van der Waals surface area contributed by atoms with Crippen LogP contribution in [0, 0.1) is 5.92 Å². The highest BCUT2D eigenvalue weighted by atomic mass is 127. The molecule has 1 rings (SSSR count). The molecule has 0 saturated heterocycles. The zero-order chi connectivity index (χ0) is 12.7. The van der Waals surface area contributed by atoms with Crippen molar-refractivity contribution < 1.29 is 0 Å². The van der Waals surface area contributed by atoms with Gasteiger partial charge in [-0.1, -0.05) is 20.8 Å². The Balaban J connectivity index is 0.00000289. The minimum absolute atomic E-state index is 0. The molecule has 0 aromatic carbocycles. The van der Waals surface area contributed by atoms with E-state index in [1.54, 1.807) is 11.3 Å². The van der Waals surface area contributed by atoms with Gasteiger partial charge in [0.2, 0.25) is 0 Å². The predicted octanol–water partition coefficient (Wildman–Crippen LogP) is 2.82. The first-order chi connectivity index (χ1) is 8.09. The summed E-state index contributed by atoms with van der Waals surface area (Å²) in [6.45, 7) is 8.08. The van der Waals surface area contributed by atoms with Crippen molar-refractivity contribution in [1.29, 1.82) is 0 Å². The Morgan fingerprint density at radius 1 is 1.50 bits per heavy atom. The van der Waals surface area contributed by atoms with Crippen molar-refractivity contribution in [2.45, 2.75) is 33.1 Å². The Labute approximate surface area is 131 Å². The van der Waals surface area contributed by atoms with Gasteiger partial charge in [0.1, 0.15) is 0 Å². The average Bonchev–Trinajstić information content (AvgIpc) is 2.78. The molecule has 0 aliphatic rings. The molecule has 0 radical (unpaired) electrons. The number of aromatic nitrogens is 1. The number of thiazole rings is 1. The van der Waals surface area contributed by atoms with Crippen LogP contribution in [0.15, 0.2) is 16.6 Å². The van der Waals surface area contributed by atoms with Crippen LogP contribution in [-0.2, 0) is 0 Å². The van der Waals surface area contributed by atoms with Crippen LogP contribution >= 0.6 is 35.3 Å². The number of aliphatic imine (C=N–C) groups is 1. The summed E-state index contributed by atoms with van der Waals surface area (Å²) >= 11 is 1.66. The number of nitrogens with two attached hydrogens (primary N) is 1. The van der Waals surface area contributed by atoms with Crippen molar-refractivity contribution >= 4 is 41.3 Å². The minimum Gasteiger partial charge on any atom is -0.370 e. The number of halogens is 1. The van der Waals surface area contributed by atoms with E-state index in [4.69, 9.17) is 5.73 Å². The van der Waals surface area contributed by atoms with Gasteiger partial charge in [0.25, 0.3) is 0 Å². The van der Waals surface area contributed by atoms with Crippen LogP contribution in [0.25, 0.3) is 0 Å². The van der Waals surface area contributed by atoms with Crippen molar-refractivity contribution in [3.63, 3.8) is 0 Å². The molecule has 4 nitrogen and oxygen atoms in total. The Hall–Kier alpha value is -0.370. The van der Waals surface area contributed by atoms with E-state index >= 15 is 0 Å². The average molecular weight is 382 g/mol. The second-order valence-corrected chi connectivity index (χ2v) is 5.53. The second kappa shape index (κ2) is 9.55. The summed E-state index contributed by atoms with van der Waals surface area (Å²) in [5.74, 6) is 1.55. The number of hydrogen-bond donors (Lipinski definition) is 2. The van der Waals surface area contributed by atoms with E-state index in [2.05, 4.69) is 36.1 Å². The Morgan fingerprint density at radius 3 is 2.78 bits per heavy atom. The van der Waals surface area contributed by atoms with Crippen LogP contribution in [0.5, 0.6) is 0 Å². The van der Waals surface area contributed by atoms with E-state index in [0.29, 0.717) is 24.3 Å². The monoisotopic (exact) mass is 382 g/mol. The first kappa shape index (κ1) is 17.6. The van der Waals surface area contributed by atoms with E-state index in [0.717, 1.165) is 18.0 Å². The van der Waals surface area contributed by atoms with Crippen molar-refractivity contribution in [3.8, 4) is 0 Å². The van der Waals surface area contributed by atoms with Crippen molar-refractivity contribution in [1.82, 2.24) is 10.3 Å². The van der Waals surface area contributed by atoms with Gasteiger partial charge in [-0.05, 0) is 12.3 Å². The largest absolute Gasteiger partial charge is 0.370 e. The lowest BCUT2D eigenvalue weighted by atomic mass is 10.1. The smallest absolute Gasteiger partial charge is 0.188 e. The summed E-state index contributed by atoms with van der Waals surface area (Å²) in [5.41, 5.74) is 5.78. The number of nitrogens with zero attached hydrogens (tertiary/aromatic N) is 2. The van der Waals surface area contributed by atoms with Gasteiger partial charge in [0, 0.05) is 24.0 Å². The fraction of sp³-hybridized carbons (Fsp3) is 0.667. The Bertz CT molecular complexity index is 338. The zero-order valence-electron chi connectivity index (χ0n) is 11.2. The van der Waals surface area contributed by atoms with Crippen LogP contribution in [0.4, 0.5) is 0 Å². The standard InChI is InChI=1S/C12H22N4S.HI/c1-9(2)4-5-15-12(13)16-8-10(3)11-14-6-7-17-11;/h6-7,9-10H,4-5,8H2,1-3H3,(H3,13,15,16);1H. The molecule has 0 aliphatic carbocycles. The molecule has 0 spiro atoms. The molecule has 0 fully saturated rings. The summed E-state index contributed by atoms with van der Waals surface area (Å²) in [5, 5.41) is 6.23. The number of rotatable bonds is 6. The lowest BCUT2D eigenvalue weighted by Crippen LogP contribution is -2.33. The molecule has 0 saturated carbocycles. The highest BCUT2D eigenvalue weighted by Gasteiger charge is 2.07. The molecule has 18 heavy (non-hydrogen) atoms. The Morgan fingerprint density at radius 2 is 2.22 bits per heavy atom. The van der Waals surface area contributed by atoms with Gasteiger partial charge in [-0.15, -0.1) is 35.3 Å². The summed E-state index contributed by atoms with van der Waals surface area (Å²) in [6.07, 6.45) is 2.93. The third kappa shape index (κ3) is 7.15. The van der Waals surface area contributed by atoms with Crippen molar-refractivity contribution in [2.24, 2.45) is 16.6 Å². The maximum atomic E-state index is 5.78. The van der Waals surface area contributed by atoms with E-state index in [9.17, 15) is 0 Å². The first-order valence-corrected chi connectivity index (χ1v) is 6.90. The van der Waals surface area contributed by atoms with Gasteiger partial charge < -0.3 is 11.1 Å². The lowest BCUT2D eigenvalue weighted by Gasteiger charge is -2.09. The molecule has 0 aliphatic heterocycles. The third-order valence-electron chi connectivity index (χ3n) is 2.44. The fourth-order valence-electron chi connectivity index (χ4n) is 1.34. The molecule has 1 aromatic heterocycles. The molecule has 0 amide bonds. The molecule has 1 heterocycles. The van der Waals surface area contributed by atoms with Gasteiger partial charge >= 0.3 is 0 Å². The molecule has 0 bridgehead atoms. The molecular weight excluding hydrogens is 359 g/mol. The highest BCUT2D eigenvalue weighted by molar-refractivity contribution is 14.0. The molecule has 1 unspecified atom stereocenters. The topological polar surface area (TPSA) is 63.3 Å². The SMILES string of the molecule is CC(C)CCNC(N)=NCC(C)c1nccs1.I. The second-order valence-electron chi connectivity index (χ2n) is 4.61.